The monoisotopic (exact) mass is 330 g/mol. The molecule has 0 atom stereocenters. The van der Waals surface area contributed by atoms with Gasteiger partial charge in [0.2, 0.25) is 0 Å². The molecule has 0 saturated heterocycles. The van der Waals surface area contributed by atoms with Gasteiger partial charge in [-0.3, -0.25) is 0 Å². The molecular weight excluding hydrogens is 313 g/mol. The molecule has 0 aromatic rings. The van der Waals surface area contributed by atoms with Crippen molar-refractivity contribution >= 4 is 11.9 Å². The molecule has 0 aliphatic rings. The van der Waals surface area contributed by atoms with Crippen LogP contribution in [0.1, 0.15) is 0 Å². The van der Waals surface area contributed by atoms with Gasteiger partial charge in [-0.25, -0.2) is 0 Å². The summed E-state index contributed by atoms with van der Waals surface area (Å²) in [6.45, 7) is 0.697. The predicted octanol–water partition coefficient (Wildman–Crippen LogP) is -3.20. The molecule has 0 unspecified atom stereocenters. The summed E-state index contributed by atoms with van der Waals surface area (Å²) in [5.74, 6) is -2.41. The van der Waals surface area contributed by atoms with E-state index in [4.69, 9.17) is 0 Å². The average Bonchev–Trinajstić information content (AvgIpc) is 2.31. The van der Waals surface area contributed by atoms with Crippen molar-refractivity contribution in [3.05, 3.63) is 0 Å². The summed E-state index contributed by atoms with van der Waals surface area (Å²) in [6, 6.07) is 0. The minimum atomic E-state index is -1.20. The standard InChI is InChI=1S/2C5H10O4.Zn/c2*1-8-2-3-9-4-5(6)7;/h2*2-4H2,1H3,(H,6,7);/q;;+2/p-2. The van der Waals surface area contributed by atoms with Gasteiger partial charge in [0.05, 0.1) is 51.6 Å². The van der Waals surface area contributed by atoms with Crippen LogP contribution in [-0.4, -0.2) is 65.8 Å². The van der Waals surface area contributed by atoms with Crippen molar-refractivity contribution in [3.8, 4) is 0 Å². The minimum absolute atomic E-state index is 0. The number of ether oxygens (including phenoxy) is 4. The molecule has 0 bridgehead atoms. The van der Waals surface area contributed by atoms with Gasteiger partial charge in [-0.2, -0.15) is 0 Å². The molecule has 9 heteroatoms. The molecule has 0 radical (unpaired) electrons. The van der Waals surface area contributed by atoms with Crippen molar-refractivity contribution < 1.29 is 58.2 Å². The Labute approximate surface area is 124 Å². The van der Waals surface area contributed by atoms with Crippen LogP contribution in [0.2, 0.25) is 0 Å². The number of rotatable bonds is 10. The molecule has 0 spiro atoms. The summed E-state index contributed by atoms with van der Waals surface area (Å²) < 4.78 is 18.3. The zero-order valence-corrected chi connectivity index (χ0v) is 14.2. The molecule has 0 aromatic carbocycles. The molecule has 0 rings (SSSR count). The van der Waals surface area contributed by atoms with Crippen LogP contribution >= 0.6 is 0 Å². The van der Waals surface area contributed by atoms with Gasteiger partial charge in [-0.15, -0.1) is 0 Å². The summed E-state index contributed by atoms with van der Waals surface area (Å²) in [6.07, 6.45) is 0. The summed E-state index contributed by atoms with van der Waals surface area (Å²) in [7, 11) is 3.03. The van der Waals surface area contributed by atoms with Crippen LogP contribution in [-0.2, 0) is 48.0 Å². The zero-order chi connectivity index (χ0) is 14.2. The van der Waals surface area contributed by atoms with Crippen LogP contribution in [0, 0.1) is 0 Å². The zero-order valence-electron chi connectivity index (χ0n) is 11.2. The van der Waals surface area contributed by atoms with Gasteiger partial charge in [0.25, 0.3) is 0 Å². The van der Waals surface area contributed by atoms with Crippen molar-refractivity contribution in [1.29, 1.82) is 0 Å². The van der Waals surface area contributed by atoms with Crippen LogP contribution < -0.4 is 10.2 Å². The largest absolute Gasteiger partial charge is 2.00 e. The molecule has 0 aromatic heterocycles. The third kappa shape index (κ3) is 31.8. The Bertz CT molecular complexity index is 190. The second kappa shape index (κ2) is 19.7. The number of carboxylic acid groups (broad SMARTS) is 2. The van der Waals surface area contributed by atoms with Crippen LogP contribution in [0.3, 0.4) is 0 Å². The van der Waals surface area contributed by atoms with Crippen LogP contribution in [0.15, 0.2) is 0 Å². The summed E-state index contributed by atoms with van der Waals surface area (Å²) >= 11 is 0. The molecular formula is C10H18O8Zn. The maximum Gasteiger partial charge on any atom is 2.00 e. The maximum absolute atomic E-state index is 9.69. The number of hydrogen-bond acceptors (Lipinski definition) is 8. The summed E-state index contributed by atoms with van der Waals surface area (Å²) in [5.41, 5.74) is 0. The number of carbonyl (C=O) groups excluding carboxylic acids is 2. The van der Waals surface area contributed by atoms with E-state index in [-0.39, 0.29) is 32.7 Å². The number of aliphatic carboxylic acids is 2. The van der Waals surface area contributed by atoms with E-state index in [2.05, 4.69) is 18.9 Å². The fourth-order valence-electron chi connectivity index (χ4n) is 0.596. The summed E-state index contributed by atoms with van der Waals surface area (Å²) in [5, 5.41) is 19.4. The van der Waals surface area contributed by atoms with Crippen LogP contribution in [0.4, 0.5) is 0 Å². The molecule has 0 amide bonds. The van der Waals surface area contributed by atoms with E-state index in [0.717, 1.165) is 0 Å². The summed E-state index contributed by atoms with van der Waals surface area (Å²) in [4.78, 5) is 19.4. The molecule has 0 N–H and O–H groups in total. The third-order valence-corrected chi connectivity index (χ3v) is 1.30. The fourth-order valence-corrected chi connectivity index (χ4v) is 0.596. The second-order valence-corrected chi connectivity index (χ2v) is 2.83. The molecule has 108 valence electrons. The number of hydrogen-bond donors (Lipinski definition) is 0. The first-order valence-electron chi connectivity index (χ1n) is 5.07. The van der Waals surface area contributed by atoms with E-state index in [1.54, 1.807) is 0 Å². The van der Waals surface area contributed by atoms with E-state index in [1.807, 2.05) is 0 Å². The maximum atomic E-state index is 9.69. The Morgan fingerprint density at radius 1 is 0.789 bits per heavy atom. The molecule has 8 nitrogen and oxygen atoms in total. The molecule has 19 heavy (non-hydrogen) atoms. The van der Waals surface area contributed by atoms with E-state index in [0.29, 0.717) is 26.4 Å². The van der Waals surface area contributed by atoms with Gasteiger partial charge in [-0.1, -0.05) is 0 Å². The minimum Gasteiger partial charge on any atom is -0.548 e. The quantitative estimate of drug-likeness (QED) is 0.303. The second-order valence-electron chi connectivity index (χ2n) is 2.83. The number of carbonyl (C=O) groups is 2. The molecule has 0 aliphatic heterocycles. The van der Waals surface area contributed by atoms with E-state index < -0.39 is 11.9 Å². The first-order valence-corrected chi connectivity index (χ1v) is 5.07. The smallest absolute Gasteiger partial charge is 0.548 e. The van der Waals surface area contributed by atoms with Gasteiger partial charge in [-0.05, 0) is 0 Å². The van der Waals surface area contributed by atoms with Crippen LogP contribution in [0.25, 0.3) is 0 Å². The number of methoxy groups -OCH3 is 2. The first-order chi connectivity index (χ1) is 8.54. The van der Waals surface area contributed by atoms with Crippen molar-refractivity contribution in [3.63, 3.8) is 0 Å². The van der Waals surface area contributed by atoms with Gasteiger partial charge in [0.15, 0.2) is 0 Å². The van der Waals surface area contributed by atoms with Crippen molar-refractivity contribution in [2.75, 3.05) is 53.9 Å². The van der Waals surface area contributed by atoms with Gasteiger partial charge >= 0.3 is 19.5 Å². The van der Waals surface area contributed by atoms with Crippen molar-refractivity contribution in [2.24, 2.45) is 0 Å². The molecule has 0 saturated carbocycles. The molecule has 0 aliphatic carbocycles. The average molecular weight is 332 g/mol. The van der Waals surface area contributed by atoms with Crippen molar-refractivity contribution in [2.45, 2.75) is 0 Å². The third-order valence-electron chi connectivity index (χ3n) is 1.30. The molecule has 0 heterocycles. The van der Waals surface area contributed by atoms with E-state index in [9.17, 15) is 19.8 Å². The Hall–Kier alpha value is -0.597. The first kappa shape index (κ1) is 23.5. The Kier molecular flexibility index (Phi) is 24.4. The molecule has 0 fully saturated rings. The number of carboxylic acids is 2. The topological polar surface area (TPSA) is 117 Å². The van der Waals surface area contributed by atoms with Gasteiger partial charge in [0.1, 0.15) is 0 Å². The van der Waals surface area contributed by atoms with E-state index >= 15 is 0 Å². The Balaban J connectivity index is -0.000000256. The fraction of sp³-hybridized carbons (Fsp3) is 0.800. The normalized spacial score (nSPS) is 8.95. The van der Waals surface area contributed by atoms with Crippen molar-refractivity contribution in [1.82, 2.24) is 0 Å². The Morgan fingerprint density at radius 3 is 1.32 bits per heavy atom. The predicted molar refractivity (Wildman–Crippen MR) is 55.4 cm³/mol. The Morgan fingerprint density at radius 2 is 1.11 bits per heavy atom. The van der Waals surface area contributed by atoms with E-state index in [1.165, 1.54) is 14.2 Å². The van der Waals surface area contributed by atoms with Gasteiger partial charge < -0.3 is 38.7 Å². The van der Waals surface area contributed by atoms with Gasteiger partial charge in [0, 0.05) is 14.2 Å². The SMILES string of the molecule is COCCOCC(=O)[O-].COCCOCC(=O)[O-].[Zn+2]. The van der Waals surface area contributed by atoms with Crippen LogP contribution in [0.5, 0.6) is 0 Å².